The van der Waals surface area contributed by atoms with Crippen molar-refractivity contribution in [2.24, 2.45) is 20.5 Å². The Kier molecular flexibility index (Phi) is 5.24. The summed E-state index contributed by atoms with van der Waals surface area (Å²) in [5.74, 6) is -0.355. The third kappa shape index (κ3) is 4.03. The Hall–Kier alpha value is -3.28. The van der Waals surface area contributed by atoms with Crippen LogP contribution >= 0.6 is 11.3 Å². The number of benzene rings is 2. The van der Waals surface area contributed by atoms with E-state index in [0.29, 0.717) is 16.5 Å². The predicted octanol–water partition coefficient (Wildman–Crippen LogP) is 3.33. The quantitative estimate of drug-likeness (QED) is 0.610. The zero-order chi connectivity index (χ0) is 21.3. The van der Waals surface area contributed by atoms with Crippen LogP contribution in [0.2, 0.25) is 0 Å². The molecule has 11 heteroatoms. The summed E-state index contributed by atoms with van der Waals surface area (Å²) in [4.78, 5) is 17.3. The van der Waals surface area contributed by atoms with E-state index in [9.17, 15) is 13.2 Å². The normalized spacial score (nSPS) is 17.0. The Morgan fingerprint density at radius 1 is 1.10 bits per heavy atom. The fraction of sp³-hybridized carbons (Fsp3) is 0.105. The van der Waals surface area contributed by atoms with Gasteiger partial charge in [-0.2, -0.15) is 20.3 Å². The SMILES string of the molecule is CC1=NN(c2nc(-c3ccccc3)cs2)C(=O)[C@@H]1N=Nc1ccc(S(N)(=O)=O)cc1. The van der Waals surface area contributed by atoms with Gasteiger partial charge < -0.3 is 0 Å². The summed E-state index contributed by atoms with van der Waals surface area (Å²) in [5.41, 5.74) is 2.59. The average molecular weight is 441 g/mol. The fourth-order valence-corrected chi connectivity index (χ4v) is 4.06. The summed E-state index contributed by atoms with van der Waals surface area (Å²) in [6, 6.07) is 14.4. The van der Waals surface area contributed by atoms with Gasteiger partial charge in [0.15, 0.2) is 6.04 Å². The fourth-order valence-electron chi connectivity index (χ4n) is 2.76. The molecule has 2 aromatic carbocycles. The number of anilines is 1. The Bertz CT molecular complexity index is 1250. The number of nitrogens with zero attached hydrogens (tertiary/aromatic N) is 5. The molecule has 9 nitrogen and oxygen atoms in total. The highest BCUT2D eigenvalue weighted by atomic mass is 32.2. The number of primary sulfonamides is 1. The highest BCUT2D eigenvalue weighted by molar-refractivity contribution is 7.89. The Balaban J connectivity index is 1.51. The van der Waals surface area contributed by atoms with E-state index in [4.69, 9.17) is 5.14 Å². The van der Waals surface area contributed by atoms with Crippen molar-refractivity contribution in [2.75, 3.05) is 5.01 Å². The van der Waals surface area contributed by atoms with Crippen LogP contribution in [-0.4, -0.2) is 31.1 Å². The van der Waals surface area contributed by atoms with Gasteiger partial charge in [-0.15, -0.1) is 11.3 Å². The van der Waals surface area contributed by atoms with Crippen LogP contribution in [0.5, 0.6) is 0 Å². The van der Waals surface area contributed by atoms with Crippen molar-refractivity contribution in [1.82, 2.24) is 4.98 Å². The molecule has 30 heavy (non-hydrogen) atoms. The van der Waals surface area contributed by atoms with Crippen molar-refractivity contribution in [2.45, 2.75) is 17.9 Å². The molecule has 0 saturated carbocycles. The molecule has 2 N–H and O–H groups in total. The topological polar surface area (TPSA) is 130 Å². The Morgan fingerprint density at radius 2 is 1.80 bits per heavy atom. The maximum atomic E-state index is 12.8. The molecule has 1 aliphatic rings. The predicted molar refractivity (Wildman–Crippen MR) is 114 cm³/mol. The largest absolute Gasteiger partial charge is 0.282 e. The molecule has 0 saturated heterocycles. The lowest BCUT2D eigenvalue weighted by Gasteiger charge is -2.08. The number of aromatic nitrogens is 1. The van der Waals surface area contributed by atoms with Crippen LogP contribution in [0.3, 0.4) is 0 Å². The van der Waals surface area contributed by atoms with Crippen molar-refractivity contribution in [1.29, 1.82) is 0 Å². The van der Waals surface area contributed by atoms with Gasteiger partial charge in [0.2, 0.25) is 15.2 Å². The van der Waals surface area contributed by atoms with E-state index < -0.39 is 16.1 Å². The molecule has 1 aliphatic heterocycles. The third-order valence-corrected chi connectivity index (χ3v) is 6.04. The minimum Gasteiger partial charge on any atom is -0.269 e. The molecule has 0 aliphatic carbocycles. The first kappa shape index (κ1) is 20.0. The molecule has 1 aromatic heterocycles. The lowest BCUT2D eigenvalue weighted by atomic mass is 10.2. The molecular formula is C19H16N6O3S2. The third-order valence-electron chi connectivity index (χ3n) is 4.29. The number of rotatable bonds is 5. The molecule has 3 aromatic rings. The molecule has 1 amide bonds. The molecular weight excluding hydrogens is 424 g/mol. The number of thiazole rings is 1. The van der Waals surface area contributed by atoms with Crippen molar-refractivity contribution >= 4 is 43.8 Å². The monoisotopic (exact) mass is 440 g/mol. The first-order valence-corrected chi connectivity index (χ1v) is 11.2. The van der Waals surface area contributed by atoms with Gasteiger partial charge in [-0.3, -0.25) is 4.79 Å². The number of carbonyl (C=O) groups excluding carboxylic acids is 1. The second-order valence-electron chi connectivity index (χ2n) is 6.43. The summed E-state index contributed by atoms with van der Waals surface area (Å²) in [6.45, 7) is 1.69. The number of azo groups is 1. The van der Waals surface area contributed by atoms with Crippen molar-refractivity contribution in [3.05, 3.63) is 60.0 Å². The standard InChI is InChI=1S/C19H16N6O3S2/c1-12-17(23-22-14-7-9-15(10-8-14)30(20,27)28)18(26)25(24-12)19-21-16(11-29-19)13-5-3-2-4-6-13/h2-11,17H,1H3,(H2,20,27,28)/t17-/m1/s1. The van der Waals surface area contributed by atoms with Gasteiger partial charge in [-0.05, 0) is 31.2 Å². The van der Waals surface area contributed by atoms with Crippen LogP contribution < -0.4 is 10.1 Å². The number of hydrogen-bond donors (Lipinski definition) is 1. The second kappa shape index (κ2) is 7.86. The summed E-state index contributed by atoms with van der Waals surface area (Å²) in [5, 5.41) is 21.0. The van der Waals surface area contributed by atoms with Gasteiger partial charge in [0.25, 0.3) is 5.91 Å². The summed E-state index contributed by atoms with van der Waals surface area (Å²) >= 11 is 1.31. The van der Waals surface area contributed by atoms with E-state index >= 15 is 0 Å². The molecule has 2 heterocycles. The molecule has 0 fully saturated rings. The van der Waals surface area contributed by atoms with Crippen LogP contribution in [0.1, 0.15) is 6.92 Å². The molecule has 0 spiro atoms. The summed E-state index contributed by atoms with van der Waals surface area (Å²) in [6.07, 6.45) is 0. The van der Waals surface area contributed by atoms with Crippen molar-refractivity contribution in [3.63, 3.8) is 0 Å². The maximum absolute atomic E-state index is 12.8. The number of hydrazone groups is 1. The maximum Gasteiger partial charge on any atom is 0.282 e. The Labute approximate surface area is 176 Å². The number of amides is 1. The highest BCUT2D eigenvalue weighted by Gasteiger charge is 2.36. The second-order valence-corrected chi connectivity index (χ2v) is 8.83. The van der Waals surface area contributed by atoms with Gasteiger partial charge in [0, 0.05) is 10.9 Å². The molecule has 4 rings (SSSR count). The first-order chi connectivity index (χ1) is 14.3. The van der Waals surface area contributed by atoms with Crippen molar-refractivity contribution in [3.8, 4) is 11.3 Å². The van der Waals surface area contributed by atoms with E-state index in [1.807, 2.05) is 35.7 Å². The molecule has 0 radical (unpaired) electrons. The van der Waals surface area contributed by atoms with Crippen LogP contribution in [0.25, 0.3) is 11.3 Å². The van der Waals surface area contributed by atoms with Crippen LogP contribution in [0.4, 0.5) is 10.8 Å². The van der Waals surface area contributed by atoms with Gasteiger partial charge >= 0.3 is 0 Å². The Morgan fingerprint density at radius 3 is 2.47 bits per heavy atom. The molecule has 152 valence electrons. The number of carbonyl (C=O) groups is 1. The van der Waals surface area contributed by atoms with Crippen LogP contribution in [0, 0.1) is 0 Å². The molecule has 0 bridgehead atoms. The van der Waals surface area contributed by atoms with E-state index in [1.54, 1.807) is 6.92 Å². The van der Waals surface area contributed by atoms with Crippen LogP contribution in [0.15, 0.2) is 80.2 Å². The zero-order valence-corrected chi connectivity index (χ0v) is 17.3. The van der Waals surface area contributed by atoms with E-state index in [-0.39, 0.29) is 10.8 Å². The lowest BCUT2D eigenvalue weighted by Crippen LogP contribution is -2.29. The molecule has 0 unspecified atom stereocenters. The van der Waals surface area contributed by atoms with E-state index in [1.165, 1.54) is 40.6 Å². The lowest BCUT2D eigenvalue weighted by molar-refractivity contribution is -0.117. The van der Waals surface area contributed by atoms with Gasteiger partial charge in [-0.25, -0.2) is 18.5 Å². The molecule has 1 atom stereocenters. The average Bonchev–Trinajstić information content (AvgIpc) is 3.32. The van der Waals surface area contributed by atoms with Gasteiger partial charge in [0.05, 0.1) is 22.0 Å². The summed E-state index contributed by atoms with van der Waals surface area (Å²) in [7, 11) is -3.78. The van der Waals surface area contributed by atoms with Crippen molar-refractivity contribution < 1.29 is 13.2 Å². The number of hydrogen-bond acceptors (Lipinski definition) is 8. The zero-order valence-electron chi connectivity index (χ0n) is 15.7. The smallest absolute Gasteiger partial charge is 0.269 e. The minimum atomic E-state index is -3.78. The summed E-state index contributed by atoms with van der Waals surface area (Å²) < 4.78 is 22.6. The number of sulfonamides is 1. The number of nitrogens with two attached hydrogens (primary N) is 1. The van der Waals surface area contributed by atoms with Gasteiger partial charge in [0.1, 0.15) is 0 Å². The highest BCUT2D eigenvalue weighted by Crippen LogP contribution is 2.30. The van der Waals surface area contributed by atoms with Crippen LogP contribution in [-0.2, 0) is 14.8 Å². The van der Waals surface area contributed by atoms with E-state index in [0.717, 1.165) is 11.3 Å². The van der Waals surface area contributed by atoms with E-state index in [2.05, 4.69) is 20.3 Å². The van der Waals surface area contributed by atoms with Gasteiger partial charge in [-0.1, -0.05) is 30.3 Å². The minimum absolute atomic E-state index is 0.0275. The first-order valence-electron chi connectivity index (χ1n) is 8.77.